The van der Waals surface area contributed by atoms with E-state index in [1.807, 2.05) is 6.92 Å². The summed E-state index contributed by atoms with van der Waals surface area (Å²) in [7, 11) is -7.70. The summed E-state index contributed by atoms with van der Waals surface area (Å²) in [4.78, 5) is 7.89. The zero-order valence-corrected chi connectivity index (χ0v) is 16.3. The maximum absolute atomic E-state index is 12.6. The lowest BCUT2D eigenvalue weighted by Gasteiger charge is -2.11. The van der Waals surface area contributed by atoms with Crippen LogP contribution in [0, 0.1) is 6.92 Å². The molecule has 0 atom stereocenters. The van der Waals surface area contributed by atoms with Crippen molar-refractivity contribution in [1.82, 2.24) is 19.3 Å². The number of sulfonamides is 1. The number of aromatic nitrogens is 3. The number of sulfone groups is 1. The van der Waals surface area contributed by atoms with E-state index in [9.17, 15) is 16.8 Å². The van der Waals surface area contributed by atoms with Crippen LogP contribution in [0.3, 0.4) is 0 Å². The van der Waals surface area contributed by atoms with E-state index in [2.05, 4.69) is 14.7 Å². The Morgan fingerprint density at radius 2 is 1.70 bits per heavy atom. The number of pyridine rings is 1. The van der Waals surface area contributed by atoms with Gasteiger partial charge in [-0.15, -0.1) is 0 Å². The second kappa shape index (κ2) is 7.22. The highest BCUT2D eigenvalue weighted by atomic mass is 32.2. The maximum Gasteiger partial charge on any atom is 0.242 e. The summed E-state index contributed by atoms with van der Waals surface area (Å²) >= 11 is 0. The third-order valence-electron chi connectivity index (χ3n) is 3.89. The summed E-state index contributed by atoms with van der Waals surface area (Å²) in [6.45, 7) is 1.82. The predicted molar refractivity (Wildman–Crippen MR) is 99.7 cm³/mol. The fourth-order valence-electron chi connectivity index (χ4n) is 2.56. The van der Waals surface area contributed by atoms with Gasteiger partial charge >= 0.3 is 0 Å². The van der Waals surface area contributed by atoms with Crippen LogP contribution in [-0.2, 0) is 26.4 Å². The van der Waals surface area contributed by atoms with Crippen molar-refractivity contribution in [1.29, 1.82) is 0 Å². The summed E-state index contributed by atoms with van der Waals surface area (Å²) in [6.07, 6.45) is 5.95. The lowest BCUT2D eigenvalue weighted by molar-refractivity contribution is 0.574. The lowest BCUT2D eigenvalue weighted by Crippen LogP contribution is -2.25. The first-order valence-corrected chi connectivity index (χ1v) is 11.3. The van der Waals surface area contributed by atoms with Crippen LogP contribution in [-0.4, -0.2) is 37.6 Å². The SMILES string of the molecule is Cc1nccn1-c1cc(CNS(=O)(=O)c2ccccc2S(C)(=O)=O)ccn1. The Kier molecular flexibility index (Phi) is 5.13. The Hall–Kier alpha value is -2.56. The molecule has 0 unspecified atom stereocenters. The van der Waals surface area contributed by atoms with E-state index in [1.54, 1.807) is 35.3 Å². The minimum absolute atomic E-state index is 0.0102. The average molecular weight is 406 g/mol. The molecule has 0 spiro atoms. The molecule has 27 heavy (non-hydrogen) atoms. The first-order chi connectivity index (χ1) is 12.7. The van der Waals surface area contributed by atoms with Gasteiger partial charge in [0.2, 0.25) is 10.0 Å². The van der Waals surface area contributed by atoms with Crippen molar-refractivity contribution in [2.24, 2.45) is 0 Å². The van der Waals surface area contributed by atoms with Gasteiger partial charge in [0.05, 0.1) is 4.90 Å². The molecule has 0 aliphatic rings. The molecule has 2 aromatic heterocycles. The van der Waals surface area contributed by atoms with E-state index in [-0.39, 0.29) is 16.3 Å². The highest BCUT2D eigenvalue weighted by molar-refractivity contribution is 7.93. The van der Waals surface area contributed by atoms with Crippen LogP contribution < -0.4 is 4.72 Å². The van der Waals surface area contributed by atoms with Crippen molar-refractivity contribution in [3.8, 4) is 5.82 Å². The molecule has 0 bridgehead atoms. The molecule has 0 amide bonds. The minimum atomic E-state index is -4.02. The monoisotopic (exact) mass is 406 g/mol. The number of benzene rings is 1. The van der Waals surface area contributed by atoms with E-state index < -0.39 is 19.9 Å². The normalized spacial score (nSPS) is 12.2. The van der Waals surface area contributed by atoms with Crippen molar-refractivity contribution >= 4 is 19.9 Å². The fourth-order valence-corrected chi connectivity index (χ4v) is 5.20. The Morgan fingerprint density at radius 3 is 2.33 bits per heavy atom. The number of nitrogens with zero attached hydrogens (tertiary/aromatic N) is 3. The number of hydrogen-bond acceptors (Lipinski definition) is 6. The predicted octanol–water partition coefficient (Wildman–Crippen LogP) is 1.46. The molecule has 0 aliphatic heterocycles. The zero-order chi connectivity index (χ0) is 19.7. The average Bonchev–Trinajstić information content (AvgIpc) is 3.06. The van der Waals surface area contributed by atoms with Crippen molar-refractivity contribution in [2.75, 3.05) is 6.26 Å². The maximum atomic E-state index is 12.6. The molecule has 0 fully saturated rings. The molecule has 0 saturated carbocycles. The summed E-state index contributed by atoms with van der Waals surface area (Å²) in [5, 5.41) is 0. The van der Waals surface area contributed by atoms with Crippen LogP contribution in [0.4, 0.5) is 0 Å². The zero-order valence-electron chi connectivity index (χ0n) is 14.7. The number of hydrogen-bond donors (Lipinski definition) is 1. The van der Waals surface area contributed by atoms with Crippen LogP contribution in [0.25, 0.3) is 5.82 Å². The Morgan fingerprint density at radius 1 is 1.00 bits per heavy atom. The highest BCUT2D eigenvalue weighted by Crippen LogP contribution is 2.20. The molecule has 1 aromatic carbocycles. The van der Waals surface area contributed by atoms with Crippen LogP contribution in [0.1, 0.15) is 11.4 Å². The second-order valence-electron chi connectivity index (χ2n) is 5.91. The number of aryl methyl sites for hydroxylation is 1. The molecule has 3 rings (SSSR count). The summed E-state index contributed by atoms with van der Waals surface area (Å²) in [6, 6.07) is 8.93. The van der Waals surface area contributed by atoms with Gasteiger partial charge in [-0.05, 0) is 36.8 Å². The fraction of sp³-hybridized carbons (Fsp3) is 0.176. The van der Waals surface area contributed by atoms with Gasteiger partial charge in [0.25, 0.3) is 0 Å². The largest absolute Gasteiger partial charge is 0.288 e. The molecule has 0 aliphatic carbocycles. The van der Waals surface area contributed by atoms with Gasteiger partial charge in [0.15, 0.2) is 9.84 Å². The van der Waals surface area contributed by atoms with E-state index in [4.69, 9.17) is 0 Å². The molecular weight excluding hydrogens is 388 g/mol. The summed E-state index contributed by atoms with van der Waals surface area (Å²) in [5.41, 5.74) is 0.675. The molecule has 1 N–H and O–H groups in total. The molecule has 0 saturated heterocycles. The number of nitrogens with one attached hydrogen (secondary N) is 1. The van der Waals surface area contributed by atoms with Crippen LogP contribution >= 0.6 is 0 Å². The van der Waals surface area contributed by atoms with Crippen LogP contribution in [0.5, 0.6) is 0 Å². The van der Waals surface area contributed by atoms with E-state index >= 15 is 0 Å². The Labute approximate surface area is 157 Å². The number of rotatable bonds is 6. The van der Waals surface area contributed by atoms with Gasteiger partial charge < -0.3 is 0 Å². The highest BCUT2D eigenvalue weighted by Gasteiger charge is 2.23. The summed E-state index contributed by atoms with van der Waals surface area (Å²) < 4.78 is 53.2. The smallest absolute Gasteiger partial charge is 0.242 e. The Bertz CT molecular complexity index is 1180. The van der Waals surface area contributed by atoms with E-state index in [0.717, 1.165) is 12.1 Å². The molecule has 3 aromatic rings. The van der Waals surface area contributed by atoms with E-state index in [1.165, 1.54) is 24.3 Å². The molecule has 8 nitrogen and oxygen atoms in total. The van der Waals surface area contributed by atoms with Crippen LogP contribution in [0.2, 0.25) is 0 Å². The minimum Gasteiger partial charge on any atom is -0.288 e. The van der Waals surface area contributed by atoms with E-state index in [0.29, 0.717) is 11.4 Å². The van der Waals surface area contributed by atoms with Crippen molar-refractivity contribution in [2.45, 2.75) is 23.3 Å². The molecule has 142 valence electrons. The first kappa shape index (κ1) is 19.2. The second-order valence-corrected chi connectivity index (χ2v) is 9.63. The standard InChI is InChI=1S/C17H18N4O4S2/c1-13-18-9-10-21(13)17-11-14(7-8-19-17)12-20-27(24,25)16-6-4-3-5-15(16)26(2,22)23/h3-11,20H,12H2,1-2H3. The molecule has 10 heteroatoms. The molecule has 0 radical (unpaired) electrons. The lowest BCUT2D eigenvalue weighted by atomic mass is 10.2. The van der Waals surface area contributed by atoms with Gasteiger partial charge in [0, 0.05) is 31.4 Å². The quantitative estimate of drug-likeness (QED) is 0.663. The first-order valence-electron chi connectivity index (χ1n) is 7.92. The molecular formula is C17H18N4O4S2. The third-order valence-corrected chi connectivity index (χ3v) is 6.63. The van der Waals surface area contributed by atoms with Crippen molar-refractivity contribution in [3.63, 3.8) is 0 Å². The van der Waals surface area contributed by atoms with Gasteiger partial charge in [0.1, 0.15) is 16.5 Å². The topological polar surface area (TPSA) is 111 Å². The Balaban J connectivity index is 1.87. The van der Waals surface area contributed by atoms with Gasteiger partial charge in [-0.2, -0.15) is 0 Å². The number of imidazole rings is 1. The van der Waals surface area contributed by atoms with Crippen LogP contribution in [0.15, 0.2) is 64.8 Å². The third kappa shape index (κ3) is 4.24. The molecule has 2 heterocycles. The van der Waals surface area contributed by atoms with Gasteiger partial charge in [-0.1, -0.05) is 12.1 Å². The van der Waals surface area contributed by atoms with Gasteiger partial charge in [-0.3, -0.25) is 4.57 Å². The summed E-state index contributed by atoms with van der Waals surface area (Å²) in [5.74, 6) is 1.36. The van der Waals surface area contributed by atoms with Crippen molar-refractivity contribution in [3.05, 3.63) is 66.4 Å². The van der Waals surface area contributed by atoms with Crippen molar-refractivity contribution < 1.29 is 16.8 Å². The van der Waals surface area contributed by atoms with Gasteiger partial charge in [-0.25, -0.2) is 31.5 Å².